The summed E-state index contributed by atoms with van der Waals surface area (Å²) in [5.41, 5.74) is 1.44. The summed E-state index contributed by atoms with van der Waals surface area (Å²) in [6, 6.07) is 11.0. The van der Waals surface area contributed by atoms with E-state index in [0.29, 0.717) is 4.05 Å². The summed E-state index contributed by atoms with van der Waals surface area (Å²) in [4.78, 5) is 0. The highest BCUT2D eigenvalue weighted by Crippen LogP contribution is 2.27. The number of quaternary nitrogens is 1. The summed E-state index contributed by atoms with van der Waals surface area (Å²) in [6.07, 6.45) is 26.3. The molecule has 0 amide bonds. The number of benzene rings is 1. The number of terminal acetylenes is 1. The first-order valence-corrected chi connectivity index (χ1v) is 14.4. The Hall–Kier alpha value is -0.240. The zero-order chi connectivity index (χ0) is 22.6. The van der Waals surface area contributed by atoms with Crippen LogP contribution in [-0.2, 0) is 6.42 Å². The van der Waals surface area contributed by atoms with E-state index >= 15 is 0 Å². The van der Waals surface area contributed by atoms with Gasteiger partial charge < -0.3 is 16.9 Å². The molecule has 0 spiro atoms. The lowest BCUT2D eigenvalue weighted by Crippen LogP contribution is -3.00. The second-order valence-electron chi connectivity index (χ2n) is 9.39. The minimum absolute atomic E-state index is 0. The summed E-state index contributed by atoms with van der Waals surface area (Å²) in [5, 5.41) is 0. The van der Waals surface area contributed by atoms with Crippen molar-refractivity contribution in [2.75, 3.05) is 19.6 Å². The molecular formula is C29H49ClIN. The molecule has 1 aromatic rings. The van der Waals surface area contributed by atoms with Gasteiger partial charge in [0, 0.05) is 6.42 Å². The highest BCUT2D eigenvalue weighted by atomic mass is 127. The van der Waals surface area contributed by atoms with Crippen molar-refractivity contribution in [1.82, 2.24) is 0 Å². The molecule has 0 aliphatic heterocycles. The van der Waals surface area contributed by atoms with Gasteiger partial charge in [-0.15, -0.1) is 6.42 Å². The molecule has 0 N–H and O–H groups in total. The highest BCUT2D eigenvalue weighted by Gasteiger charge is 2.33. The lowest BCUT2D eigenvalue weighted by atomic mass is 10.1. The van der Waals surface area contributed by atoms with E-state index in [0.717, 1.165) is 17.4 Å². The van der Waals surface area contributed by atoms with E-state index in [1.807, 2.05) is 0 Å². The largest absolute Gasteiger partial charge is 1.00 e. The van der Waals surface area contributed by atoms with E-state index in [9.17, 15) is 0 Å². The summed E-state index contributed by atoms with van der Waals surface area (Å²) >= 11 is 2.72. The van der Waals surface area contributed by atoms with E-state index < -0.39 is 0 Å². The first-order chi connectivity index (χ1) is 15.2. The maximum absolute atomic E-state index is 5.95. The summed E-state index contributed by atoms with van der Waals surface area (Å²) in [7, 11) is 0. The van der Waals surface area contributed by atoms with Crippen LogP contribution in [0.25, 0.3) is 0 Å². The highest BCUT2D eigenvalue weighted by molar-refractivity contribution is 14.1. The van der Waals surface area contributed by atoms with Crippen molar-refractivity contribution in [3.05, 3.63) is 35.9 Å². The van der Waals surface area contributed by atoms with Gasteiger partial charge >= 0.3 is 0 Å². The predicted octanol–water partition coefficient (Wildman–Crippen LogP) is 5.95. The Morgan fingerprint density at radius 1 is 0.750 bits per heavy atom. The van der Waals surface area contributed by atoms with Gasteiger partial charge in [-0.3, -0.25) is 0 Å². The summed E-state index contributed by atoms with van der Waals surface area (Å²) in [5.74, 6) is 3.08. The molecule has 1 atom stereocenters. The van der Waals surface area contributed by atoms with Crippen molar-refractivity contribution in [2.45, 2.75) is 114 Å². The Balaban J connectivity index is 0.00000961. The van der Waals surface area contributed by atoms with Gasteiger partial charge in [0.25, 0.3) is 0 Å². The summed E-state index contributed by atoms with van der Waals surface area (Å²) < 4.78 is 1.66. The fourth-order valence-corrected chi connectivity index (χ4v) is 5.86. The molecule has 0 saturated carbocycles. The van der Waals surface area contributed by atoms with Crippen molar-refractivity contribution in [3.8, 4) is 12.3 Å². The molecule has 0 heterocycles. The van der Waals surface area contributed by atoms with Gasteiger partial charge in [0.1, 0.15) is 10.6 Å². The smallest absolute Gasteiger partial charge is 0.144 e. The summed E-state index contributed by atoms with van der Waals surface area (Å²) in [6.45, 7) is 7.96. The normalized spacial score (nSPS) is 12.2. The first kappa shape index (κ1) is 31.8. The molecule has 184 valence electrons. The van der Waals surface area contributed by atoms with Crippen LogP contribution in [0, 0.1) is 12.3 Å². The molecule has 1 aromatic carbocycles. The van der Waals surface area contributed by atoms with Gasteiger partial charge in [-0.05, 0) is 59.8 Å². The van der Waals surface area contributed by atoms with Gasteiger partial charge in [-0.25, -0.2) is 0 Å². The minimum Gasteiger partial charge on any atom is -1.00 e. The fraction of sp³-hybridized carbons (Fsp3) is 0.724. The molecule has 0 aliphatic rings. The second-order valence-corrected chi connectivity index (χ2v) is 10.8. The van der Waals surface area contributed by atoms with Crippen LogP contribution in [0.4, 0.5) is 0 Å². The molecule has 1 rings (SSSR count). The maximum Gasteiger partial charge on any atom is 0.144 e. The molecule has 1 unspecified atom stereocenters. The van der Waals surface area contributed by atoms with Gasteiger partial charge in [0.2, 0.25) is 0 Å². The molecular weight excluding hydrogens is 525 g/mol. The number of nitrogens with zero attached hydrogens (tertiary/aromatic N) is 1. The number of halogens is 2. The quantitative estimate of drug-likeness (QED) is 0.0452. The van der Waals surface area contributed by atoms with Gasteiger partial charge in [-0.1, -0.05) is 108 Å². The third-order valence-electron chi connectivity index (χ3n) is 6.66. The van der Waals surface area contributed by atoms with Crippen LogP contribution in [-0.4, -0.2) is 28.2 Å². The molecule has 3 heteroatoms. The topological polar surface area (TPSA) is 0 Å². The third kappa shape index (κ3) is 14.1. The van der Waals surface area contributed by atoms with Crippen molar-refractivity contribution >= 4 is 22.6 Å². The minimum atomic E-state index is 0. The van der Waals surface area contributed by atoms with Crippen molar-refractivity contribution in [3.63, 3.8) is 0 Å². The molecule has 32 heavy (non-hydrogen) atoms. The molecule has 0 aromatic heterocycles. The zero-order valence-corrected chi connectivity index (χ0v) is 23.9. The number of alkyl halides is 1. The van der Waals surface area contributed by atoms with Crippen LogP contribution in [0.3, 0.4) is 0 Å². The Bertz CT molecular complexity index is 550. The van der Waals surface area contributed by atoms with E-state index in [4.69, 9.17) is 6.42 Å². The average Bonchev–Trinajstić information content (AvgIpc) is 2.78. The lowest BCUT2D eigenvalue weighted by molar-refractivity contribution is -0.927. The fourth-order valence-electron chi connectivity index (χ4n) is 4.60. The van der Waals surface area contributed by atoms with Gasteiger partial charge in [-0.2, -0.15) is 0 Å². The number of hydrogen-bond acceptors (Lipinski definition) is 0. The SMILES string of the molecule is C#CC[N+](CCCCCCCCC)(CCCCCCCCC)C(I)Cc1ccccc1.[Cl-]. The van der Waals surface area contributed by atoms with Crippen molar-refractivity contribution in [1.29, 1.82) is 0 Å². The average molecular weight is 574 g/mol. The Morgan fingerprint density at radius 3 is 1.62 bits per heavy atom. The molecule has 0 aliphatic carbocycles. The van der Waals surface area contributed by atoms with Gasteiger partial charge in [0.15, 0.2) is 0 Å². The third-order valence-corrected chi connectivity index (χ3v) is 8.28. The van der Waals surface area contributed by atoms with Crippen molar-refractivity contribution in [2.24, 2.45) is 0 Å². The Kier molecular flexibility index (Phi) is 21.1. The van der Waals surface area contributed by atoms with Crippen LogP contribution in [0.1, 0.15) is 109 Å². The maximum atomic E-state index is 5.95. The lowest BCUT2D eigenvalue weighted by Gasteiger charge is -2.42. The van der Waals surface area contributed by atoms with Crippen LogP contribution < -0.4 is 12.4 Å². The van der Waals surface area contributed by atoms with Crippen LogP contribution in [0.2, 0.25) is 0 Å². The molecule has 0 bridgehead atoms. The Labute approximate surface area is 220 Å². The van der Waals surface area contributed by atoms with Crippen LogP contribution in [0.5, 0.6) is 0 Å². The Morgan fingerprint density at radius 2 is 1.19 bits per heavy atom. The van der Waals surface area contributed by atoms with Crippen LogP contribution >= 0.6 is 22.6 Å². The van der Waals surface area contributed by atoms with Crippen molar-refractivity contribution < 1.29 is 16.9 Å². The van der Waals surface area contributed by atoms with E-state index in [1.165, 1.54) is 109 Å². The molecule has 1 nitrogen and oxygen atoms in total. The second kappa shape index (κ2) is 21.3. The first-order valence-electron chi connectivity index (χ1n) is 13.2. The van der Waals surface area contributed by atoms with E-state index in [2.05, 4.69) is 72.7 Å². The number of hydrogen-bond donors (Lipinski definition) is 0. The van der Waals surface area contributed by atoms with Gasteiger partial charge in [0.05, 0.1) is 13.1 Å². The molecule has 0 radical (unpaired) electrons. The zero-order valence-electron chi connectivity index (χ0n) is 21.0. The van der Waals surface area contributed by atoms with E-state index in [-0.39, 0.29) is 12.4 Å². The standard InChI is InChI=1S/C29H49IN.ClH/c1-4-7-9-11-13-15-20-25-31(24-6-3,26-21-16-14-12-10-8-5-2)29(30)27-28-22-18-17-19-23-28;/h3,17-19,22-23,29H,4-5,7-16,20-21,24-27H2,1-2H3;1H/q+1;/p-1. The van der Waals surface area contributed by atoms with E-state index in [1.54, 1.807) is 0 Å². The number of rotatable bonds is 20. The monoisotopic (exact) mass is 573 g/mol. The van der Waals surface area contributed by atoms with Crippen LogP contribution in [0.15, 0.2) is 30.3 Å². The predicted molar refractivity (Wildman–Crippen MR) is 148 cm³/mol. The molecule has 0 fully saturated rings. The number of unbranched alkanes of at least 4 members (excludes halogenated alkanes) is 12. The molecule has 0 saturated heterocycles.